The number of ketones is 1. The normalized spacial score (nSPS) is 12.1. The smallest absolute Gasteiger partial charge is 0.132 e. The minimum Gasteiger partial charge on any atom is -0.497 e. The van der Waals surface area contributed by atoms with E-state index in [4.69, 9.17) is 4.74 Å². The molecule has 0 aliphatic rings. The topological polar surface area (TPSA) is 26.3 Å². The summed E-state index contributed by atoms with van der Waals surface area (Å²) in [6, 6.07) is 18.3. The maximum absolute atomic E-state index is 11.7. The molecule has 0 aromatic heterocycles. The van der Waals surface area contributed by atoms with Crippen molar-refractivity contribution < 1.29 is 9.53 Å². The van der Waals surface area contributed by atoms with Crippen molar-refractivity contribution in [3.8, 4) is 5.75 Å². The Kier molecular flexibility index (Phi) is 7.21. The van der Waals surface area contributed by atoms with E-state index in [1.165, 1.54) is 16.7 Å². The predicted molar refractivity (Wildman–Crippen MR) is 106 cm³/mol. The van der Waals surface area contributed by atoms with Crippen LogP contribution in [0.5, 0.6) is 5.75 Å². The zero-order valence-corrected chi connectivity index (χ0v) is 15.3. The number of carbonyl (C=O) groups is 1. The molecule has 2 heteroatoms. The van der Waals surface area contributed by atoms with Gasteiger partial charge in [0.25, 0.3) is 0 Å². The molecule has 0 saturated carbocycles. The molecule has 2 aromatic carbocycles. The third-order valence-electron chi connectivity index (χ3n) is 4.28. The zero-order valence-electron chi connectivity index (χ0n) is 15.3. The first-order valence-corrected chi connectivity index (χ1v) is 8.73. The van der Waals surface area contributed by atoms with Crippen LogP contribution >= 0.6 is 0 Å². The molecule has 0 N–H and O–H groups in total. The molecule has 0 aliphatic carbocycles. The van der Waals surface area contributed by atoms with E-state index in [1.807, 2.05) is 49.4 Å². The molecular formula is C23H26O2. The molecule has 0 radical (unpaired) electrons. The summed E-state index contributed by atoms with van der Waals surface area (Å²) < 4.78 is 5.20. The molecule has 130 valence electrons. The van der Waals surface area contributed by atoms with Crippen LogP contribution in [0.3, 0.4) is 0 Å². The highest BCUT2D eigenvalue weighted by Crippen LogP contribution is 2.24. The van der Waals surface area contributed by atoms with Crippen LogP contribution in [0.2, 0.25) is 0 Å². The number of hydrogen-bond donors (Lipinski definition) is 0. The third kappa shape index (κ3) is 5.75. The fourth-order valence-electron chi connectivity index (χ4n) is 2.64. The van der Waals surface area contributed by atoms with Crippen LogP contribution in [-0.4, -0.2) is 12.9 Å². The van der Waals surface area contributed by atoms with E-state index in [1.54, 1.807) is 7.11 Å². The van der Waals surface area contributed by atoms with Crippen LogP contribution in [0.25, 0.3) is 11.6 Å². The van der Waals surface area contributed by atoms with Crippen LogP contribution < -0.4 is 4.74 Å². The molecule has 2 rings (SSSR count). The number of Topliss-reactive ketones (excluding diaryl/α,β-unsaturated/α-hetero) is 1. The van der Waals surface area contributed by atoms with Gasteiger partial charge >= 0.3 is 0 Å². The van der Waals surface area contributed by atoms with Crippen molar-refractivity contribution in [3.05, 3.63) is 77.4 Å². The molecule has 2 nitrogen and oxygen atoms in total. The summed E-state index contributed by atoms with van der Waals surface area (Å²) in [6.45, 7) is 4.03. The van der Waals surface area contributed by atoms with Crippen molar-refractivity contribution in [2.75, 3.05) is 7.11 Å². The van der Waals surface area contributed by atoms with Gasteiger partial charge in [0.05, 0.1) is 7.11 Å². The zero-order chi connectivity index (χ0) is 18.1. The van der Waals surface area contributed by atoms with Crippen LogP contribution in [0, 0.1) is 0 Å². The Labute approximate surface area is 150 Å². The first-order valence-electron chi connectivity index (χ1n) is 8.73. The lowest BCUT2D eigenvalue weighted by Crippen LogP contribution is -1.96. The van der Waals surface area contributed by atoms with Gasteiger partial charge in [-0.3, -0.25) is 4.79 Å². The van der Waals surface area contributed by atoms with Gasteiger partial charge in [0.1, 0.15) is 11.5 Å². The summed E-state index contributed by atoms with van der Waals surface area (Å²) in [4.78, 5) is 11.7. The predicted octanol–water partition coefficient (Wildman–Crippen LogP) is 5.94. The van der Waals surface area contributed by atoms with Crippen LogP contribution in [0.4, 0.5) is 0 Å². The summed E-state index contributed by atoms with van der Waals surface area (Å²) >= 11 is 0. The molecule has 2 aromatic rings. The van der Waals surface area contributed by atoms with Gasteiger partial charge in [-0.2, -0.15) is 0 Å². The summed E-state index contributed by atoms with van der Waals surface area (Å²) in [5.41, 5.74) is 4.71. The van der Waals surface area contributed by atoms with Crippen molar-refractivity contribution in [2.45, 2.75) is 33.1 Å². The number of methoxy groups -OCH3 is 1. The molecule has 0 amide bonds. The second-order valence-corrected chi connectivity index (χ2v) is 6.06. The Bertz CT molecular complexity index is 737. The Balaban J connectivity index is 2.27. The van der Waals surface area contributed by atoms with Gasteiger partial charge < -0.3 is 4.74 Å². The molecule has 0 heterocycles. The summed E-state index contributed by atoms with van der Waals surface area (Å²) in [5, 5.41) is 0. The molecule has 25 heavy (non-hydrogen) atoms. The van der Waals surface area contributed by atoms with E-state index in [9.17, 15) is 4.79 Å². The molecular weight excluding hydrogens is 308 g/mol. The van der Waals surface area contributed by atoms with Crippen LogP contribution in [0.1, 0.15) is 44.2 Å². The lowest BCUT2D eigenvalue weighted by molar-refractivity contribution is -0.118. The number of ether oxygens (including phenoxy) is 1. The van der Waals surface area contributed by atoms with Gasteiger partial charge in [0.15, 0.2) is 0 Å². The second-order valence-electron chi connectivity index (χ2n) is 6.06. The minimum atomic E-state index is 0.311. The monoisotopic (exact) mass is 334 g/mol. The van der Waals surface area contributed by atoms with E-state index >= 15 is 0 Å². The van der Waals surface area contributed by atoms with E-state index in [0.29, 0.717) is 18.6 Å². The largest absolute Gasteiger partial charge is 0.497 e. The summed E-state index contributed by atoms with van der Waals surface area (Å²) in [5.74, 6) is 1.16. The molecule has 0 unspecified atom stereocenters. The Morgan fingerprint density at radius 3 is 2.28 bits per heavy atom. The van der Waals surface area contributed by atoms with E-state index < -0.39 is 0 Å². The number of hydrogen-bond acceptors (Lipinski definition) is 2. The van der Waals surface area contributed by atoms with Crippen molar-refractivity contribution in [1.29, 1.82) is 0 Å². The van der Waals surface area contributed by atoms with Crippen molar-refractivity contribution in [3.63, 3.8) is 0 Å². The quantitative estimate of drug-likeness (QED) is 0.558. The second kappa shape index (κ2) is 9.63. The van der Waals surface area contributed by atoms with Crippen molar-refractivity contribution >= 4 is 17.4 Å². The SMILES string of the molecule is CCC(=O)CC/C(C)=C(\C=C\c1ccc(OC)cc1)c1ccccc1. The standard InChI is InChI=1S/C23H26O2/c1-4-21(24)14-10-18(2)23(20-8-6-5-7-9-20)17-13-19-11-15-22(25-3)16-12-19/h5-9,11-13,15-17H,4,10,14H2,1-3H3/b17-13+,23-18+. The van der Waals surface area contributed by atoms with Crippen molar-refractivity contribution in [2.24, 2.45) is 0 Å². The van der Waals surface area contributed by atoms with Crippen molar-refractivity contribution in [1.82, 2.24) is 0 Å². The highest BCUT2D eigenvalue weighted by molar-refractivity contribution is 5.82. The maximum Gasteiger partial charge on any atom is 0.132 e. The number of benzene rings is 2. The van der Waals surface area contributed by atoms with Gasteiger partial charge in [0, 0.05) is 12.8 Å². The van der Waals surface area contributed by atoms with Crippen LogP contribution in [-0.2, 0) is 4.79 Å². The van der Waals surface area contributed by atoms with Gasteiger partial charge in [-0.05, 0) is 42.2 Å². The fourth-order valence-corrected chi connectivity index (χ4v) is 2.64. The first-order chi connectivity index (χ1) is 12.1. The van der Waals surface area contributed by atoms with Gasteiger partial charge in [-0.1, -0.05) is 67.1 Å². The lowest BCUT2D eigenvalue weighted by atomic mass is 9.96. The number of allylic oxidation sites excluding steroid dienone is 3. The number of carbonyl (C=O) groups excluding carboxylic acids is 1. The molecule has 0 bridgehead atoms. The first kappa shape index (κ1) is 18.7. The average Bonchev–Trinajstić information content (AvgIpc) is 2.67. The third-order valence-corrected chi connectivity index (χ3v) is 4.28. The maximum atomic E-state index is 11.7. The van der Waals surface area contributed by atoms with E-state index in [2.05, 4.69) is 31.2 Å². The Morgan fingerprint density at radius 2 is 1.68 bits per heavy atom. The molecule has 0 spiro atoms. The van der Waals surface area contributed by atoms with Crippen LogP contribution in [0.15, 0.2) is 66.2 Å². The molecule has 0 saturated heterocycles. The van der Waals surface area contributed by atoms with Gasteiger partial charge in [0.2, 0.25) is 0 Å². The summed E-state index contributed by atoms with van der Waals surface area (Å²) in [7, 11) is 1.67. The van der Waals surface area contributed by atoms with Gasteiger partial charge in [-0.25, -0.2) is 0 Å². The Hall–Kier alpha value is -2.61. The average molecular weight is 334 g/mol. The van der Waals surface area contributed by atoms with E-state index in [-0.39, 0.29) is 0 Å². The lowest BCUT2D eigenvalue weighted by Gasteiger charge is -2.09. The number of rotatable bonds is 8. The minimum absolute atomic E-state index is 0.311. The molecule has 0 atom stereocenters. The molecule has 0 fully saturated rings. The highest BCUT2D eigenvalue weighted by Gasteiger charge is 2.05. The van der Waals surface area contributed by atoms with Gasteiger partial charge in [-0.15, -0.1) is 0 Å². The highest BCUT2D eigenvalue weighted by atomic mass is 16.5. The molecule has 0 aliphatic heterocycles. The summed E-state index contributed by atoms with van der Waals surface area (Å²) in [6.07, 6.45) is 6.25. The fraction of sp³-hybridized carbons (Fsp3) is 0.261. The van der Waals surface area contributed by atoms with E-state index in [0.717, 1.165) is 17.7 Å². The Morgan fingerprint density at radius 1 is 1.00 bits per heavy atom.